The van der Waals surface area contributed by atoms with Crippen LogP contribution in [0.2, 0.25) is 0 Å². The molecule has 1 fully saturated rings. The molecule has 7 N–H and O–H groups in total. The van der Waals surface area contributed by atoms with Gasteiger partial charge in [0.1, 0.15) is 39.4 Å². The number of nitrogens with zero attached hydrogens (tertiary/aromatic N) is 4. The summed E-state index contributed by atoms with van der Waals surface area (Å²) in [4.78, 5) is 14.3. The topological polar surface area (TPSA) is 243 Å². The van der Waals surface area contributed by atoms with E-state index < -0.39 is 20.2 Å². The summed E-state index contributed by atoms with van der Waals surface area (Å²) >= 11 is 0. The van der Waals surface area contributed by atoms with Crippen LogP contribution in [0.25, 0.3) is 10.9 Å². The Morgan fingerprint density at radius 1 is 0.867 bits per heavy atom. The molecule has 0 saturated carbocycles. The normalized spacial score (nSPS) is 14.4. The number of aromatic nitrogens is 1. The quantitative estimate of drug-likeness (QED) is 0.155. The molecule has 2 heterocycles. The summed E-state index contributed by atoms with van der Waals surface area (Å²) in [5.41, 5.74) is 6.75. The number of nitriles is 1. The van der Waals surface area contributed by atoms with Gasteiger partial charge in [0.25, 0.3) is 0 Å². The van der Waals surface area contributed by atoms with Crippen LogP contribution >= 0.6 is 0 Å². The van der Waals surface area contributed by atoms with Gasteiger partial charge in [-0.05, 0) is 56.3 Å². The van der Waals surface area contributed by atoms with Crippen molar-refractivity contribution in [1.82, 2.24) is 4.68 Å². The molecule has 16 heteroatoms. The first-order chi connectivity index (χ1) is 20.8. The SMILES string of the molecule is C[N+]1(N)CCN(c2ccc3c(c2)c(=O)c(C#N)c([NH3+])n3N)CC1.Cc1ccc(S(=O)(=O)[O-])cc1.Cc1ccc(S(=O)(=O)[O-])cc1. The molecule has 0 amide bonds. The van der Waals surface area contributed by atoms with Gasteiger partial charge in [-0.2, -0.15) is 11.1 Å². The lowest BCUT2D eigenvalue weighted by molar-refractivity contribution is -0.921. The monoisotopic (exact) mass is 657 g/mol. The van der Waals surface area contributed by atoms with E-state index in [0.717, 1.165) is 43.0 Å². The smallest absolute Gasteiger partial charge is 0.244 e. The number of piperazine rings is 1. The molecule has 0 unspecified atom stereocenters. The van der Waals surface area contributed by atoms with Crippen molar-refractivity contribution in [3.8, 4) is 6.07 Å². The van der Waals surface area contributed by atoms with Crippen LogP contribution in [0.3, 0.4) is 0 Å². The Morgan fingerprint density at radius 3 is 1.71 bits per heavy atom. The number of rotatable bonds is 3. The Bertz CT molecular complexity index is 1920. The standard InChI is InChI=1S/C15H19N7O.2C7H8O3S/c1-22(19)6-4-20(5-7-22)10-2-3-13-11(8-10)14(23)12(9-16)15(17)21(13)18;2*1-6-2-4-7(5-3-6)11(8,9)10/h2-3,8H,4-7,18-19H2,1H3,(H-,17,23);2*2-5H,1H3,(H,8,9,10). The van der Waals surface area contributed by atoms with E-state index in [4.69, 9.17) is 11.7 Å². The average Bonchev–Trinajstić information content (AvgIpc) is 2.96. The van der Waals surface area contributed by atoms with Crippen LogP contribution < -0.4 is 27.7 Å². The number of quaternary nitrogens is 2. The minimum Gasteiger partial charge on any atom is -0.744 e. The molecular formula is C29H35N7O7S2. The number of aryl methyl sites for hydroxylation is 2. The molecule has 14 nitrogen and oxygen atoms in total. The first kappa shape index (κ1) is 35.1. The van der Waals surface area contributed by atoms with Gasteiger partial charge in [0, 0.05) is 5.69 Å². The summed E-state index contributed by atoms with van der Waals surface area (Å²) in [6, 6.07) is 19.0. The number of pyridine rings is 1. The number of hydrogen-bond donors (Lipinski definition) is 3. The fraction of sp³-hybridized carbons (Fsp3) is 0.241. The highest BCUT2D eigenvalue weighted by Crippen LogP contribution is 2.23. The zero-order valence-corrected chi connectivity index (χ0v) is 26.6. The Balaban J connectivity index is 0.000000210. The van der Waals surface area contributed by atoms with E-state index in [1.807, 2.05) is 33.0 Å². The van der Waals surface area contributed by atoms with Gasteiger partial charge >= 0.3 is 0 Å². The highest BCUT2D eigenvalue weighted by molar-refractivity contribution is 7.86. The van der Waals surface area contributed by atoms with Gasteiger partial charge in [0.05, 0.1) is 40.8 Å². The number of hydrogen-bond acceptors (Lipinski definition) is 11. The van der Waals surface area contributed by atoms with Gasteiger partial charge in [-0.3, -0.25) is 4.79 Å². The molecule has 5 rings (SSSR count). The zero-order valence-electron chi connectivity index (χ0n) is 25.0. The zero-order chi connectivity index (χ0) is 33.7. The Labute approximate surface area is 261 Å². The van der Waals surface area contributed by atoms with Crippen molar-refractivity contribution in [2.24, 2.45) is 5.84 Å². The molecule has 1 aromatic heterocycles. The first-order valence-corrected chi connectivity index (χ1v) is 16.3. The molecule has 0 spiro atoms. The minimum absolute atomic E-state index is 0.0120. The van der Waals surface area contributed by atoms with E-state index in [9.17, 15) is 36.0 Å². The maximum atomic E-state index is 12.5. The molecule has 0 bridgehead atoms. The van der Waals surface area contributed by atoms with Crippen LogP contribution in [0.4, 0.5) is 11.5 Å². The summed E-state index contributed by atoms with van der Waals surface area (Å²) in [7, 11) is -6.54. The molecule has 0 atom stereocenters. The van der Waals surface area contributed by atoms with Crippen molar-refractivity contribution < 1.29 is 36.3 Å². The predicted octanol–water partition coefficient (Wildman–Crippen LogP) is 0.399. The summed E-state index contributed by atoms with van der Waals surface area (Å²) in [5, 5.41) is 9.61. The number of fused-ring (bicyclic) bond motifs is 1. The van der Waals surface area contributed by atoms with E-state index >= 15 is 0 Å². The molecule has 4 aromatic rings. The molecule has 1 aliphatic heterocycles. The predicted molar refractivity (Wildman–Crippen MR) is 166 cm³/mol. The molecule has 1 aliphatic rings. The number of nitrogens with two attached hydrogens (primary N) is 2. The van der Waals surface area contributed by atoms with E-state index in [1.54, 1.807) is 36.4 Å². The molecule has 240 valence electrons. The van der Waals surface area contributed by atoms with E-state index in [1.165, 1.54) is 28.9 Å². The number of benzene rings is 3. The van der Waals surface area contributed by atoms with E-state index in [0.29, 0.717) is 15.5 Å². The van der Waals surface area contributed by atoms with Crippen molar-refractivity contribution in [1.29, 1.82) is 5.26 Å². The number of likely N-dealkylation sites (N-methyl/N-ethyl adjacent to an activating group) is 1. The van der Waals surface area contributed by atoms with Crippen molar-refractivity contribution >= 4 is 42.6 Å². The van der Waals surface area contributed by atoms with Gasteiger partial charge in [0.15, 0.2) is 5.56 Å². The van der Waals surface area contributed by atoms with E-state index in [2.05, 4.69) is 10.6 Å². The molecule has 0 radical (unpaired) electrons. The van der Waals surface area contributed by atoms with Crippen LogP contribution in [0.1, 0.15) is 16.7 Å². The van der Waals surface area contributed by atoms with Crippen LogP contribution in [0.15, 0.2) is 81.3 Å². The van der Waals surface area contributed by atoms with Gasteiger partial charge in [0.2, 0.25) is 11.2 Å². The average molecular weight is 658 g/mol. The lowest BCUT2D eigenvalue weighted by Gasteiger charge is -2.38. The van der Waals surface area contributed by atoms with Crippen molar-refractivity contribution in [3.05, 3.63) is 93.6 Å². The van der Waals surface area contributed by atoms with Crippen molar-refractivity contribution in [3.63, 3.8) is 0 Å². The maximum Gasteiger partial charge on any atom is 0.244 e. The first-order valence-electron chi connectivity index (χ1n) is 13.5. The summed E-state index contributed by atoms with van der Waals surface area (Å²) < 4.78 is 64.1. The Kier molecular flexibility index (Phi) is 10.7. The molecule has 3 aromatic carbocycles. The highest BCUT2D eigenvalue weighted by Gasteiger charge is 2.26. The molecule has 1 saturated heterocycles. The van der Waals surface area contributed by atoms with Crippen LogP contribution in [0, 0.1) is 25.2 Å². The van der Waals surface area contributed by atoms with Gasteiger partial charge in [-0.25, -0.2) is 26.1 Å². The molecule has 0 aliphatic carbocycles. The molecular weight excluding hydrogens is 622 g/mol. The van der Waals surface area contributed by atoms with E-state index in [-0.39, 0.29) is 26.6 Å². The van der Waals surface area contributed by atoms with Gasteiger partial charge in [-0.1, -0.05) is 35.4 Å². The second kappa shape index (κ2) is 13.7. The van der Waals surface area contributed by atoms with Crippen molar-refractivity contribution in [2.75, 3.05) is 44.0 Å². The Hall–Kier alpha value is -4.34. The second-order valence-corrected chi connectivity index (χ2v) is 13.5. The second-order valence-electron chi connectivity index (χ2n) is 10.8. The van der Waals surface area contributed by atoms with Gasteiger partial charge < -0.3 is 25.6 Å². The summed E-state index contributed by atoms with van der Waals surface area (Å²) in [5.74, 6) is 12.3. The van der Waals surface area contributed by atoms with Crippen LogP contribution in [0.5, 0.6) is 0 Å². The minimum atomic E-state index is -4.27. The summed E-state index contributed by atoms with van der Waals surface area (Å²) in [6.45, 7) is 6.94. The Morgan fingerprint density at radius 2 is 1.31 bits per heavy atom. The lowest BCUT2D eigenvalue weighted by atomic mass is 10.1. The maximum absolute atomic E-state index is 12.5. The van der Waals surface area contributed by atoms with Gasteiger partial charge in [-0.15, -0.1) is 0 Å². The van der Waals surface area contributed by atoms with Crippen LogP contribution in [-0.2, 0) is 20.2 Å². The third kappa shape index (κ3) is 9.09. The fourth-order valence-electron chi connectivity index (χ4n) is 4.35. The third-order valence-electron chi connectivity index (χ3n) is 7.15. The van der Waals surface area contributed by atoms with Crippen molar-refractivity contribution in [2.45, 2.75) is 23.6 Å². The number of anilines is 1. The third-order valence-corrected chi connectivity index (χ3v) is 8.85. The van der Waals surface area contributed by atoms with Crippen LogP contribution in [-0.4, -0.2) is 68.4 Å². The largest absolute Gasteiger partial charge is 0.744 e. The fourth-order valence-corrected chi connectivity index (χ4v) is 5.29. The molecule has 45 heavy (non-hydrogen) atoms. The number of nitrogen functional groups attached to an aromatic ring is 1. The summed E-state index contributed by atoms with van der Waals surface area (Å²) in [6.07, 6.45) is 0. The lowest BCUT2D eigenvalue weighted by Crippen LogP contribution is -2.61. The highest BCUT2D eigenvalue weighted by atomic mass is 32.2.